The van der Waals surface area contributed by atoms with Crippen LogP contribution >= 0.6 is 0 Å². The molecule has 1 aromatic heterocycles. The standard InChI is InChI=1S/C15H24N6O2/c16-6-10-20-11-12(17-18-20)14(22)21-9-4-5-13(21)15(23)19-7-2-1-3-8-19/h11,13H,1-10,16H2. The monoisotopic (exact) mass is 320 g/mol. The molecular weight excluding hydrogens is 296 g/mol. The van der Waals surface area contributed by atoms with Crippen molar-refractivity contribution in [1.82, 2.24) is 24.8 Å². The van der Waals surface area contributed by atoms with Crippen LogP contribution in [0.2, 0.25) is 0 Å². The number of carbonyl (C=O) groups is 2. The number of rotatable bonds is 4. The maximum atomic E-state index is 12.7. The predicted molar refractivity (Wildman–Crippen MR) is 83.6 cm³/mol. The third-order valence-electron chi connectivity index (χ3n) is 4.58. The van der Waals surface area contributed by atoms with Crippen molar-refractivity contribution in [3.05, 3.63) is 11.9 Å². The maximum Gasteiger partial charge on any atom is 0.276 e. The molecule has 3 rings (SSSR count). The van der Waals surface area contributed by atoms with Crippen molar-refractivity contribution in [2.75, 3.05) is 26.2 Å². The molecule has 8 heteroatoms. The van der Waals surface area contributed by atoms with Gasteiger partial charge >= 0.3 is 0 Å². The van der Waals surface area contributed by atoms with Gasteiger partial charge in [0.2, 0.25) is 5.91 Å². The van der Waals surface area contributed by atoms with E-state index in [0.29, 0.717) is 19.6 Å². The van der Waals surface area contributed by atoms with E-state index in [1.807, 2.05) is 4.90 Å². The lowest BCUT2D eigenvalue weighted by Gasteiger charge is -2.32. The van der Waals surface area contributed by atoms with E-state index < -0.39 is 0 Å². The molecule has 1 atom stereocenters. The molecule has 23 heavy (non-hydrogen) atoms. The topological polar surface area (TPSA) is 97.3 Å². The van der Waals surface area contributed by atoms with E-state index in [0.717, 1.165) is 38.8 Å². The second-order valence-corrected chi connectivity index (χ2v) is 6.20. The van der Waals surface area contributed by atoms with Gasteiger partial charge in [-0.15, -0.1) is 5.10 Å². The minimum absolute atomic E-state index is 0.0879. The fraction of sp³-hybridized carbons (Fsp3) is 0.733. The summed E-state index contributed by atoms with van der Waals surface area (Å²) in [6.07, 6.45) is 6.49. The van der Waals surface area contributed by atoms with Gasteiger partial charge < -0.3 is 15.5 Å². The van der Waals surface area contributed by atoms with Crippen LogP contribution in [0.3, 0.4) is 0 Å². The summed E-state index contributed by atoms with van der Waals surface area (Å²) in [5, 5.41) is 7.83. The van der Waals surface area contributed by atoms with Gasteiger partial charge in [0, 0.05) is 26.2 Å². The van der Waals surface area contributed by atoms with Crippen molar-refractivity contribution in [1.29, 1.82) is 0 Å². The average molecular weight is 320 g/mol. The van der Waals surface area contributed by atoms with Gasteiger partial charge in [-0.2, -0.15) is 0 Å². The molecule has 2 aliphatic heterocycles. The first kappa shape index (κ1) is 15.9. The SMILES string of the molecule is NCCn1cc(C(=O)N2CCCC2C(=O)N2CCCCC2)nn1. The molecule has 2 aliphatic rings. The summed E-state index contributed by atoms with van der Waals surface area (Å²) in [5.74, 6) is -0.119. The zero-order valence-corrected chi connectivity index (χ0v) is 13.4. The molecule has 1 aromatic rings. The van der Waals surface area contributed by atoms with Crippen molar-refractivity contribution in [3.63, 3.8) is 0 Å². The largest absolute Gasteiger partial charge is 0.341 e. The molecule has 8 nitrogen and oxygen atoms in total. The molecule has 0 radical (unpaired) electrons. The third kappa shape index (κ3) is 3.36. The Bertz CT molecular complexity index is 566. The van der Waals surface area contributed by atoms with Gasteiger partial charge in [0.15, 0.2) is 5.69 Å². The molecule has 3 heterocycles. The Balaban J connectivity index is 1.69. The maximum absolute atomic E-state index is 12.7. The number of hydrogen-bond donors (Lipinski definition) is 1. The van der Waals surface area contributed by atoms with Gasteiger partial charge in [0.05, 0.1) is 12.7 Å². The molecule has 0 aromatic carbocycles. The highest BCUT2D eigenvalue weighted by atomic mass is 16.2. The Kier molecular flexibility index (Phi) is 4.90. The van der Waals surface area contributed by atoms with Crippen LogP contribution in [0.1, 0.15) is 42.6 Å². The van der Waals surface area contributed by atoms with E-state index >= 15 is 0 Å². The van der Waals surface area contributed by atoms with Crippen LogP contribution in [0.5, 0.6) is 0 Å². The molecule has 2 amide bonds. The Hall–Kier alpha value is -1.96. The van der Waals surface area contributed by atoms with Crippen molar-refractivity contribution >= 4 is 11.8 Å². The minimum Gasteiger partial charge on any atom is -0.341 e. The first-order chi connectivity index (χ1) is 11.2. The summed E-state index contributed by atoms with van der Waals surface area (Å²) in [5.41, 5.74) is 5.77. The van der Waals surface area contributed by atoms with E-state index in [1.165, 1.54) is 6.42 Å². The van der Waals surface area contributed by atoms with Crippen LogP contribution in [-0.2, 0) is 11.3 Å². The zero-order valence-electron chi connectivity index (χ0n) is 13.4. The van der Waals surface area contributed by atoms with E-state index in [2.05, 4.69) is 10.3 Å². The third-order valence-corrected chi connectivity index (χ3v) is 4.58. The summed E-state index contributed by atoms with van der Waals surface area (Å²) < 4.78 is 1.56. The summed E-state index contributed by atoms with van der Waals surface area (Å²) >= 11 is 0. The smallest absolute Gasteiger partial charge is 0.276 e. The van der Waals surface area contributed by atoms with E-state index in [-0.39, 0.29) is 23.6 Å². The fourth-order valence-corrected chi connectivity index (χ4v) is 3.38. The normalized spacial score (nSPS) is 21.7. The van der Waals surface area contributed by atoms with Gasteiger partial charge in [-0.05, 0) is 32.1 Å². The highest BCUT2D eigenvalue weighted by Crippen LogP contribution is 2.23. The Morgan fingerprint density at radius 3 is 2.70 bits per heavy atom. The number of nitrogens with zero attached hydrogens (tertiary/aromatic N) is 5. The van der Waals surface area contributed by atoms with Crippen LogP contribution in [0.15, 0.2) is 6.20 Å². The number of hydrogen-bond acceptors (Lipinski definition) is 5. The van der Waals surface area contributed by atoms with Gasteiger partial charge in [-0.25, -0.2) is 0 Å². The van der Waals surface area contributed by atoms with Crippen molar-refractivity contribution in [2.24, 2.45) is 5.73 Å². The molecule has 0 aliphatic carbocycles. The highest BCUT2D eigenvalue weighted by molar-refractivity contribution is 5.96. The van der Waals surface area contributed by atoms with E-state index in [9.17, 15) is 9.59 Å². The Morgan fingerprint density at radius 1 is 1.17 bits per heavy atom. The van der Waals surface area contributed by atoms with Gasteiger partial charge in [-0.1, -0.05) is 5.21 Å². The Morgan fingerprint density at radius 2 is 1.96 bits per heavy atom. The molecular formula is C15H24N6O2. The van der Waals surface area contributed by atoms with Gasteiger partial charge in [-0.3, -0.25) is 14.3 Å². The molecule has 2 saturated heterocycles. The Labute approximate surface area is 135 Å². The first-order valence-corrected chi connectivity index (χ1v) is 8.40. The molecule has 2 fully saturated rings. The minimum atomic E-state index is -0.347. The van der Waals surface area contributed by atoms with E-state index in [4.69, 9.17) is 5.73 Å². The predicted octanol–water partition coefficient (Wildman–Crippen LogP) is -0.146. The van der Waals surface area contributed by atoms with Crippen molar-refractivity contribution in [2.45, 2.75) is 44.7 Å². The van der Waals surface area contributed by atoms with Gasteiger partial charge in [0.25, 0.3) is 5.91 Å². The fourth-order valence-electron chi connectivity index (χ4n) is 3.38. The molecule has 0 bridgehead atoms. The summed E-state index contributed by atoms with van der Waals surface area (Å²) in [4.78, 5) is 29.0. The molecule has 1 unspecified atom stereocenters. The van der Waals surface area contributed by atoms with Gasteiger partial charge in [0.1, 0.15) is 6.04 Å². The van der Waals surface area contributed by atoms with Crippen LogP contribution in [-0.4, -0.2) is 68.8 Å². The second kappa shape index (κ2) is 7.08. The van der Waals surface area contributed by atoms with Crippen LogP contribution < -0.4 is 5.73 Å². The van der Waals surface area contributed by atoms with Crippen LogP contribution in [0.4, 0.5) is 0 Å². The number of likely N-dealkylation sites (tertiary alicyclic amines) is 2. The lowest BCUT2D eigenvalue weighted by molar-refractivity contribution is -0.136. The first-order valence-electron chi connectivity index (χ1n) is 8.40. The lowest BCUT2D eigenvalue weighted by Crippen LogP contribution is -2.49. The summed E-state index contributed by atoms with van der Waals surface area (Å²) in [7, 11) is 0. The quantitative estimate of drug-likeness (QED) is 0.832. The molecule has 126 valence electrons. The molecule has 2 N–H and O–H groups in total. The highest BCUT2D eigenvalue weighted by Gasteiger charge is 2.37. The second-order valence-electron chi connectivity index (χ2n) is 6.20. The zero-order chi connectivity index (χ0) is 16.2. The summed E-state index contributed by atoms with van der Waals surface area (Å²) in [6, 6.07) is -0.347. The number of aromatic nitrogens is 3. The molecule has 0 spiro atoms. The number of carbonyl (C=O) groups excluding carboxylic acids is 2. The average Bonchev–Trinajstić information content (AvgIpc) is 3.24. The number of amides is 2. The van der Waals surface area contributed by atoms with Crippen molar-refractivity contribution < 1.29 is 9.59 Å². The van der Waals surface area contributed by atoms with Crippen molar-refractivity contribution in [3.8, 4) is 0 Å². The number of nitrogens with two attached hydrogens (primary N) is 1. The van der Waals surface area contributed by atoms with Crippen LogP contribution in [0.25, 0.3) is 0 Å². The van der Waals surface area contributed by atoms with Crippen LogP contribution in [0, 0.1) is 0 Å². The molecule has 0 saturated carbocycles. The van der Waals surface area contributed by atoms with E-state index in [1.54, 1.807) is 15.8 Å². The summed E-state index contributed by atoms with van der Waals surface area (Å²) in [6.45, 7) is 3.19. The lowest BCUT2D eigenvalue weighted by atomic mass is 10.1. The number of piperidine rings is 1.